The number of carbonyl (C=O) groups is 1. The Morgan fingerprint density at radius 1 is 1.50 bits per heavy atom. The number of aryl methyl sites for hydroxylation is 1. The summed E-state index contributed by atoms with van der Waals surface area (Å²) in [5.74, 6) is 0.712. The van der Waals surface area contributed by atoms with E-state index in [-0.39, 0.29) is 11.8 Å². The molecule has 2 aliphatic rings. The number of methoxy groups -OCH3 is 1. The lowest BCUT2D eigenvalue weighted by atomic mass is 9.92. The highest BCUT2D eigenvalue weighted by Crippen LogP contribution is 2.60. The van der Waals surface area contributed by atoms with E-state index in [4.69, 9.17) is 9.84 Å². The number of rotatable bonds is 2. The van der Waals surface area contributed by atoms with Crippen LogP contribution in [-0.4, -0.2) is 18.2 Å². The van der Waals surface area contributed by atoms with Crippen molar-refractivity contribution in [2.24, 2.45) is 11.8 Å². The number of hydrogen-bond donors (Lipinski definition) is 1. The van der Waals surface area contributed by atoms with E-state index >= 15 is 0 Å². The smallest absolute Gasteiger partial charge is 0.307 e. The summed E-state index contributed by atoms with van der Waals surface area (Å²) < 4.78 is 5.19. The Hall–Kier alpha value is -1.51. The Labute approximate surface area is 94.0 Å². The van der Waals surface area contributed by atoms with Crippen LogP contribution in [0.15, 0.2) is 18.2 Å². The molecule has 16 heavy (non-hydrogen) atoms. The monoisotopic (exact) mass is 218 g/mol. The summed E-state index contributed by atoms with van der Waals surface area (Å²) in [5.41, 5.74) is 2.49. The van der Waals surface area contributed by atoms with Crippen LogP contribution < -0.4 is 4.74 Å². The molecule has 0 bridgehead atoms. The molecule has 1 N–H and O–H groups in total. The van der Waals surface area contributed by atoms with E-state index in [1.807, 2.05) is 18.2 Å². The first-order valence-corrected chi connectivity index (χ1v) is 5.62. The minimum Gasteiger partial charge on any atom is -0.497 e. The number of carboxylic acid groups (broad SMARTS) is 1. The van der Waals surface area contributed by atoms with Crippen molar-refractivity contribution in [3.63, 3.8) is 0 Å². The lowest BCUT2D eigenvalue weighted by Gasteiger charge is -2.15. The standard InChI is InChI=1S/C13H14O3/c1-16-8-3-5-9-7(6-8)2-4-10-11(9)12(10)13(14)15/h3,5-6,10-12H,2,4H2,1H3,(H,14,15). The third-order valence-electron chi connectivity index (χ3n) is 3.91. The fourth-order valence-corrected chi connectivity index (χ4v) is 3.07. The quantitative estimate of drug-likeness (QED) is 0.826. The summed E-state index contributed by atoms with van der Waals surface area (Å²) in [6.45, 7) is 0. The Morgan fingerprint density at radius 2 is 2.31 bits per heavy atom. The fraction of sp³-hybridized carbons (Fsp3) is 0.462. The molecule has 0 radical (unpaired) electrons. The van der Waals surface area contributed by atoms with E-state index in [9.17, 15) is 4.79 Å². The molecule has 1 aromatic carbocycles. The molecule has 3 heteroatoms. The lowest BCUT2D eigenvalue weighted by Crippen LogP contribution is -2.01. The highest BCUT2D eigenvalue weighted by molar-refractivity contribution is 5.77. The van der Waals surface area contributed by atoms with Crippen LogP contribution >= 0.6 is 0 Å². The second kappa shape index (κ2) is 3.24. The van der Waals surface area contributed by atoms with Crippen molar-refractivity contribution in [1.82, 2.24) is 0 Å². The first-order valence-electron chi connectivity index (χ1n) is 5.62. The van der Waals surface area contributed by atoms with Crippen molar-refractivity contribution < 1.29 is 14.6 Å². The van der Waals surface area contributed by atoms with Crippen LogP contribution in [0.4, 0.5) is 0 Å². The van der Waals surface area contributed by atoms with Crippen LogP contribution in [0.25, 0.3) is 0 Å². The highest BCUT2D eigenvalue weighted by Gasteiger charge is 2.57. The second-order valence-corrected chi connectivity index (χ2v) is 4.66. The zero-order valence-corrected chi connectivity index (χ0v) is 9.14. The van der Waals surface area contributed by atoms with Gasteiger partial charge in [0.05, 0.1) is 13.0 Å². The molecule has 3 nitrogen and oxygen atoms in total. The number of hydrogen-bond acceptors (Lipinski definition) is 2. The summed E-state index contributed by atoms with van der Waals surface area (Å²) in [7, 11) is 1.66. The molecular formula is C13H14O3. The maximum absolute atomic E-state index is 11.0. The predicted molar refractivity (Wildman–Crippen MR) is 58.7 cm³/mol. The maximum Gasteiger partial charge on any atom is 0.307 e. The number of carboxylic acids is 1. The number of benzene rings is 1. The van der Waals surface area contributed by atoms with E-state index in [2.05, 4.69) is 0 Å². The molecule has 3 rings (SSSR count). The van der Waals surface area contributed by atoms with Gasteiger partial charge in [0.25, 0.3) is 0 Å². The molecule has 84 valence electrons. The lowest BCUT2D eigenvalue weighted by molar-refractivity contribution is -0.138. The molecule has 0 aromatic heterocycles. The van der Waals surface area contributed by atoms with Crippen molar-refractivity contribution in [1.29, 1.82) is 0 Å². The van der Waals surface area contributed by atoms with Crippen LogP contribution in [0.3, 0.4) is 0 Å². The average Bonchev–Trinajstić information content (AvgIpc) is 3.02. The van der Waals surface area contributed by atoms with E-state index in [0.717, 1.165) is 18.6 Å². The van der Waals surface area contributed by atoms with E-state index in [1.165, 1.54) is 11.1 Å². The van der Waals surface area contributed by atoms with Crippen LogP contribution in [0, 0.1) is 11.8 Å². The first kappa shape index (κ1) is 9.70. The number of aliphatic carboxylic acids is 1. The number of fused-ring (bicyclic) bond motifs is 3. The van der Waals surface area contributed by atoms with Gasteiger partial charge in [0.15, 0.2) is 0 Å². The topological polar surface area (TPSA) is 46.5 Å². The Balaban J connectivity index is 1.96. The van der Waals surface area contributed by atoms with E-state index < -0.39 is 5.97 Å². The van der Waals surface area contributed by atoms with Crippen LogP contribution in [0.5, 0.6) is 5.75 Å². The molecule has 0 spiro atoms. The largest absolute Gasteiger partial charge is 0.497 e. The van der Waals surface area contributed by atoms with Gasteiger partial charge in [-0.25, -0.2) is 0 Å². The summed E-state index contributed by atoms with van der Waals surface area (Å²) >= 11 is 0. The molecule has 3 atom stereocenters. The molecule has 0 aliphatic heterocycles. The first-order chi connectivity index (χ1) is 7.72. The van der Waals surface area contributed by atoms with Gasteiger partial charge in [-0.05, 0) is 42.0 Å². The summed E-state index contributed by atoms with van der Waals surface area (Å²) in [6.07, 6.45) is 1.99. The van der Waals surface area contributed by atoms with Gasteiger partial charge < -0.3 is 9.84 Å². The van der Waals surface area contributed by atoms with Gasteiger partial charge in [0.2, 0.25) is 0 Å². The third kappa shape index (κ3) is 1.24. The van der Waals surface area contributed by atoms with E-state index in [0.29, 0.717) is 5.92 Å². The Kier molecular flexibility index (Phi) is 1.96. The zero-order valence-electron chi connectivity index (χ0n) is 9.14. The second-order valence-electron chi connectivity index (χ2n) is 4.66. The van der Waals surface area contributed by atoms with Gasteiger partial charge in [0, 0.05) is 5.92 Å². The van der Waals surface area contributed by atoms with Crippen LogP contribution in [0.2, 0.25) is 0 Å². The van der Waals surface area contributed by atoms with Crippen molar-refractivity contribution in [3.05, 3.63) is 29.3 Å². The molecule has 1 aromatic rings. The SMILES string of the molecule is COc1ccc2c(c1)CCC1C(C(=O)O)C21. The minimum absolute atomic E-state index is 0.144. The van der Waals surface area contributed by atoms with Crippen LogP contribution in [0.1, 0.15) is 23.5 Å². The summed E-state index contributed by atoms with van der Waals surface area (Å²) in [5, 5.41) is 9.09. The molecule has 2 aliphatic carbocycles. The van der Waals surface area contributed by atoms with Crippen LogP contribution in [-0.2, 0) is 11.2 Å². The molecule has 3 unspecified atom stereocenters. The molecule has 1 fully saturated rings. The molecule has 0 heterocycles. The summed E-state index contributed by atoms with van der Waals surface area (Å²) in [4.78, 5) is 11.0. The Morgan fingerprint density at radius 3 is 3.00 bits per heavy atom. The highest BCUT2D eigenvalue weighted by atomic mass is 16.5. The van der Waals surface area contributed by atoms with Gasteiger partial charge in [-0.1, -0.05) is 6.07 Å². The minimum atomic E-state index is -0.640. The van der Waals surface area contributed by atoms with Gasteiger partial charge in [-0.3, -0.25) is 4.79 Å². The molecule has 0 saturated heterocycles. The molecular weight excluding hydrogens is 204 g/mol. The van der Waals surface area contributed by atoms with Crippen molar-refractivity contribution in [2.75, 3.05) is 7.11 Å². The van der Waals surface area contributed by atoms with E-state index in [1.54, 1.807) is 7.11 Å². The Bertz CT molecular complexity index is 452. The predicted octanol–water partition coefficient (Wildman–Crippen LogP) is 2.06. The number of ether oxygens (including phenoxy) is 1. The normalized spacial score (nSPS) is 30.2. The molecule has 0 amide bonds. The average molecular weight is 218 g/mol. The third-order valence-corrected chi connectivity index (χ3v) is 3.91. The molecule has 1 saturated carbocycles. The summed E-state index contributed by atoms with van der Waals surface area (Å²) in [6, 6.07) is 6.01. The van der Waals surface area contributed by atoms with Gasteiger partial charge in [-0.2, -0.15) is 0 Å². The maximum atomic E-state index is 11.0. The van der Waals surface area contributed by atoms with Crippen molar-refractivity contribution in [2.45, 2.75) is 18.8 Å². The fourth-order valence-electron chi connectivity index (χ4n) is 3.07. The zero-order chi connectivity index (χ0) is 11.3. The van der Waals surface area contributed by atoms with Crippen molar-refractivity contribution in [3.8, 4) is 5.75 Å². The van der Waals surface area contributed by atoms with Gasteiger partial charge in [-0.15, -0.1) is 0 Å². The van der Waals surface area contributed by atoms with Gasteiger partial charge >= 0.3 is 5.97 Å². The van der Waals surface area contributed by atoms with Crippen molar-refractivity contribution >= 4 is 5.97 Å². The van der Waals surface area contributed by atoms with Gasteiger partial charge in [0.1, 0.15) is 5.75 Å².